The van der Waals surface area contributed by atoms with Crippen LogP contribution in [0.25, 0.3) is 6.08 Å². The number of piperazine rings is 1. The van der Waals surface area contributed by atoms with Crippen molar-refractivity contribution in [2.75, 3.05) is 26.2 Å². The van der Waals surface area contributed by atoms with E-state index < -0.39 is 5.82 Å². The molecule has 0 radical (unpaired) electrons. The van der Waals surface area contributed by atoms with E-state index in [9.17, 15) is 14.0 Å². The SMILES string of the molecule is O=C(/C=C/c1ccc(OCc2ccccn2)cc1)N1CCN(C(=O)c2ccc(F)cc2Cl)CC1. The Labute approximate surface area is 202 Å². The number of amides is 2. The molecule has 0 unspecified atom stereocenters. The van der Waals surface area contributed by atoms with Crippen LogP contribution in [-0.2, 0) is 11.4 Å². The van der Waals surface area contributed by atoms with Crippen LogP contribution in [0, 0.1) is 5.82 Å². The van der Waals surface area contributed by atoms with E-state index in [1.54, 1.807) is 22.1 Å². The van der Waals surface area contributed by atoms with Gasteiger partial charge in [-0.15, -0.1) is 0 Å². The highest BCUT2D eigenvalue weighted by Crippen LogP contribution is 2.20. The van der Waals surface area contributed by atoms with Crippen molar-refractivity contribution in [2.24, 2.45) is 0 Å². The molecule has 34 heavy (non-hydrogen) atoms. The third-order valence-corrected chi connectivity index (χ3v) is 5.76. The van der Waals surface area contributed by atoms with Crippen molar-refractivity contribution < 1.29 is 18.7 Å². The Bertz CT molecular complexity index is 1180. The molecule has 3 aromatic rings. The molecule has 0 spiro atoms. The Kier molecular flexibility index (Phi) is 7.54. The van der Waals surface area contributed by atoms with Crippen LogP contribution in [-0.4, -0.2) is 52.8 Å². The zero-order valence-corrected chi connectivity index (χ0v) is 19.1. The second-order valence-electron chi connectivity index (χ2n) is 7.75. The standard InChI is InChI=1S/C26H23ClFN3O3/c27-24-17-20(28)7-10-23(24)26(33)31-15-13-30(14-16-31)25(32)11-6-19-4-8-22(9-5-19)34-18-21-3-1-2-12-29-21/h1-12,17H,13-16,18H2/b11-6+. The van der Waals surface area contributed by atoms with Crippen LogP contribution in [0.3, 0.4) is 0 Å². The first kappa shape index (κ1) is 23.4. The summed E-state index contributed by atoms with van der Waals surface area (Å²) in [4.78, 5) is 32.8. The summed E-state index contributed by atoms with van der Waals surface area (Å²) in [7, 11) is 0. The highest BCUT2D eigenvalue weighted by atomic mass is 35.5. The lowest BCUT2D eigenvalue weighted by Gasteiger charge is -2.34. The van der Waals surface area contributed by atoms with Gasteiger partial charge in [-0.25, -0.2) is 4.39 Å². The number of rotatable bonds is 6. The molecule has 0 atom stereocenters. The molecule has 1 aliphatic heterocycles. The summed E-state index contributed by atoms with van der Waals surface area (Å²) >= 11 is 6.01. The van der Waals surface area contributed by atoms with Gasteiger partial charge in [0.05, 0.1) is 16.3 Å². The Morgan fingerprint density at radius 1 is 1.00 bits per heavy atom. The average Bonchev–Trinajstić information content (AvgIpc) is 2.87. The number of carbonyl (C=O) groups excluding carboxylic acids is 2. The smallest absolute Gasteiger partial charge is 0.255 e. The van der Waals surface area contributed by atoms with E-state index in [1.165, 1.54) is 18.2 Å². The molecular weight excluding hydrogens is 457 g/mol. The third kappa shape index (κ3) is 5.99. The van der Waals surface area contributed by atoms with Crippen LogP contribution in [0.2, 0.25) is 5.02 Å². The average molecular weight is 480 g/mol. The predicted octanol–water partition coefficient (Wildman–Crippen LogP) is 4.45. The van der Waals surface area contributed by atoms with Gasteiger partial charge in [-0.1, -0.05) is 29.8 Å². The Balaban J connectivity index is 1.26. The fourth-order valence-electron chi connectivity index (χ4n) is 3.55. The van der Waals surface area contributed by atoms with Gasteiger partial charge in [0.2, 0.25) is 5.91 Å². The summed E-state index contributed by atoms with van der Waals surface area (Å²) in [5.74, 6) is -0.160. The lowest BCUT2D eigenvalue weighted by molar-refractivity contribution is -0.127. The monoisotopic (exact) mass is 479 g/mol. The van der Waals surface area contributed by atoms with Gasteiger partial charge < -0.3 is 14.5 Å². The van der Waals surface area contributed by atoms with Gasteiger partial charge in [-0.3, -0.25) is 14.6 Å². The van der Waals surface area contributed by atoms with Gasteiger partial charge in [0, 0.05) is 38.5 Å². The third-order valence-electron chi connectivity index (χ3n) is 5.45. The summed E-state index contributed by atoms with van der Waals surface area (Å²) in [6.45, 7) is 1.97. The maximum atomic E-state index is 13.2. The maximum absolute atomic E-state index is 13.2. The zero-order valence-electron chi connectivity index (χ0n) is 18.4. The van der Waals surface area contributed by atoms with Gasteiger partial charge >= 0.3 is 0 Å². The van der Waals surface area contributed by atoms with Crippen molar-refractivity contribution in [1.29, 1.82) is 0 Å². The van der Waals surface area contributed by atoms with Gasteiger partial charge in [0.15, 0.2) is 0 Å². The van der Waals surface area contributed by atoms with Crippen molar-refractivity contribution >= 4 is 29.5 Å². The molecule has 2 aromatic carbocycles. The fraction of sp³-hybridized carbons (Fsp3) is 0.192. The molecule has 1 fully saturated rings. The predicted molar refractivity (Wildman–Crippen MR) is 128 cm³/mol. The quantitative estimate of drug-likeness (QED) is 0.490. The van der Waals surface area contributed by atoms with Crippen LogP contribution < -0.4 is 4.74 Å². The molecule has 0 bridgehead atoms. The van der Waals surface area contributed by atoms with E-state index in [-0.39, 0.29) is 22.4 Å². The number of hydrogen-bond donors (Lipinski definition) is 0. The Morgan fingerprint density at radius 2 is 1.74 bits per heavy atom. The van der Waals surface area contributed by atoms with Crippen LogP contribution in [0.4, 0.5) is 4.39 Å². The van der Waals surface area contributed by atoms with E-state index in [0.29, 0.717) is 32.8 Å². The van der Waals surface area contributed by atoms with Gasteiger partial charge in [0.25, 0.3) is 5.91 Å². The molecule has 0 N–H and O–H groups in total. The van der Waals surface area contributed by atoms with E-state index in [4.69, 9.17) is 16.3 Å². The van der Waals surface area contributed by atoms with Crippen molar-refractivity contribution in [3.05, 3.63) is 101 Å². The minimum absolute atomic E-state index is 0.0830. The van der Waals surface area contributed by atoms with Gasteiger partial charge in [-0.2, -0.15) is 0 Å². The number of aromatic nitrogens is 1. The van der Waals surface area contributed by atoms with Gasteiger partial charge in [-0.05, 0) is 54.1 Å². The summed E-state index contributed by atoms with van der Waals surface area (Å²) in [6, 6.07) is 16.8. The molecule has 174 valence electrons. The van der Waals surface area contributed by atoms with Crippen molar-refractivity contribution in [3.63, 3.8) is 0 Å². The second-order valence-corrected chi connectivity index (χ2v) is 8.16. The van der Waals surface area contributed by atoms with E-state index >= 15 is 0 Å². The first-order chi connectivity index (χ1) is 16.5. The molecule has 6 nitrogen and oxygen atoms in total. The van der Waals surface area contributed by atoms with E-state index in [1.807, 2.05) is 42.5 Å². The Hall–Kier alpha value is -3.71. The van der Waals surface area contributed by atoms with Crippen LogP contribution in [0.15, 0.2) is 72.9 Å². The van der Waals surface area contributed by atoms with Gasteiger partial charge in [0.1, 0.15) is 18.2 Å². The highest BCUT2D eigenvalue weighted by molar-refractivity contribution is 6.33. The zero-order chi connectivity index (χ0) is 23.9. The number of nitrogens with zero attached hydrogens (tertiary/aromatic N) is 3. The van der Waals surface area contributed by atoms with Crippen LogP contribution in [0.1, 0.15) is 21.6 Å². The molecular formula is C26H23ClFN3O3. The highest BCUT2D eigenvalue weighted by Gasteiger charge is 2.25. The molecule has 2 amide bonds. The summed E-state index contributed by atoms with van der Waals surface area (Å²) in [6.07, 6.45) is 5.00. The molecule has 0 aliphatic carbocycles. The second kappa shape index (κ2) is 10.9. The number of ether oxygens (including phenoxy) is 1. The van der Waals surface area contributed by atoms with Crippen molar-refractivity contribution in [2.45, 2.75) is 6.61 Å². The number of pyridine rings is 1. The van der Waals surface area contributed by atoms with Crippen molar-refractivity contribution in [1.82, 2.24) is 14.8 Å². The van der Waals surface area contributed by atoms with Crippen LogP contribution >= 0.6 is 11.6 Å². The molecule has 4 rings (SSSR count). The molecule has 1 aliphatic rings. The molecule has 1 saturated heterocycles. The maximum Gasteiger partial charge on any atom is 0.255 e. The lowest BCUT2D eigenvalue weighted by Crippen LogP contribution is -2.50. The van der Waals surface area contributed by atoms with Crippen molar-refractivity contribution in [3.8, 4) is 5.75 Å². The molecule has 2 heterocycles. The topological polar surface area (TPSA) is 62.7 Å². The largest absolute Gasteiger partial charge is 0.487 e. The normalized spacial score (nSPS) is 13.8. The first-order valence-corrected chi connectivity index (χ1v) is 11.2. The number of halogens is 2. The summed E-state index contributed by atoms with van der Waals surface area (Å²) in [5, 5.41) is 0.0830. The molecule has 0 saturated carbocycles. The summed E-state index contributed by atoms with van der Waals surface area (Å²) in [5.41, 5.74) is 1.98. The van der Waals surface area contributed by atoms with Crippen LogP contribution in [0.5, 0.6) is 5.75 Å². The minimum Gasteiger partial charge on any atom is -0.487 e. The summed E-state index contributed by atoms with van der Waals surface area (Å²) < 4.78 is 19.0. The number of benzene rings is 2. The first-order valence-electron chi connectivity index (χ1n) is 10.8. The fourth-order valence-corrected chi connectivity index (χ4v) is 3.80. The van der Waals surface area contributed by atoms with E-state index in [2.05, 4.69) is 4.98 Å². The Morgan fingerprint density at radius 3 is 2.41 bits per heavy atom. The number of hydrogen-bond acceptors (Lipinski definition) is 4. The van der Waals surface area contributed by atoms with E-state index in [0.717, 1.165) is 23.1 Å². The molecule has 8 heteroatoms. The molecule has 1 aromatic heterocycles. The lowest BCUT2D eigenvalue weighted by atomic mass is 10.1. The minimum atomic E-state index is -0.490. The number of carbonyl (C=O) groups is 2.